The Hall–Kier alpha value is 0.300. The van der Waals surface area contributed by atoms with Crippen LogP contribution in [-0.4, -0.2) is 24.7 Å². The molecular weight excluding hydrogens is 192 g/mol. The molecule has 0 amide bonds. The average Bonchev–Trinajstić information content (AvgIpc) is 2.03. The second-order valence-corrected chi connectivity index (χ2v) is 6.02. The van der Waals surface area contributed by atoms with E-state index in [2.05, 4.69) is 19.6 Å². The Kier molecular flexibility index (Phi) is 5.25. The zero-order chi connectivity index (χ0) is 9.78. The monoisotopic (exact) mass is 209 g/mol. The zero-order valence-electron chi connectivity index (χ0n) is 7.66. The Balaban J connectivity index is 4.28. The van der Waals surface area contributed by atoms with Crippen LogP contribution in [0.4, 0.5) is 0 Å². The smallest absolute Gasteiger partial charge is 0.153 e. The highest BCUT2D eigenvalue weighted by Crippen LogP contribution is 2.16. The molecule has 0 rings (SSSR count). The lowest BCUT2D eigenvalue weighted by Gasteiger charge is -2.17. The summed E-state index contributed by atoms with van der Waals surface area (Å²) in [7, 11) is -3.01. The van der Waals surface area contributed by atoms with Gasteiger partial charge in [-0.25, -0.2) is 8.42 Å². The van der Waals surface area contributed by atoms with Crippen LogP contribution in [0.15, 0.2) is 0 Å². The molecule has 0 N–H and O–H groups in total. The lowest BCUT2D eigenvalue weighted by Crippen LogP contribution is -2.29. The second kappa shape index (κ2) is 5.12. The van der Waals surface area contributed by atoms with Gasteiger partial charge in [-0.15, -0.1) is 0 Å². The summed E-state index contributed by atoms with van der Waals surface area (Å²) in [6.45, 7) is 7.28. The molecule has 73 valence electrons. The van der Waals surface area contributed by atoms with Gasteiger partial charge in [0.1, 0.15) is 0 Å². The van der Waals surface area contributed by atoms with Gasteiger partial charge in [-0.05, 0) is 13.3 Å². The lowest BCUT2D eigenvalue weighted by atomic mass is 10.2. The van der Waals surface area contributed by atoms with Gasteiger partial charge in [0.05, 0.1) is 5.25 Å². The minimum atomic E-state index is -3.01. The molecule has 0 fully saturated rings. The number of rotatable bonds is 5. The summed E-state index contributed by atoms with van der Waals surface area (Å²) in [6, 6.07) is 0. The van der Waals surface area contributed by atoms with Gasteiger partial charge in [-0.1, -0.05) is 20.3 Å². The van der Waals surface area contributed by atoms with E-state index in [4.69, 9.17) is 0 Å². The van der Waals surface area contributed by atoms with Gasteiger partial charge in [-0.2, -0.15) is 12.6 Å². The maximum Gasteiger partial charge on any atom is 0.153 e. The normalized spacial score (nSPS) is 17.3. The van der Waals surface area contributed by atoms with Crippen LogP contribution in [0.25, 0.3) is 0 Å². The molecule has 2 unspecified atom stereocenters. The van der Waals surface area contributed by atoms with E-state index >= 15 is 0 Å². The second-order valence-electron chi connectivity index (χ2n) is 2.85. The number of sulfone groups is 1. The lowest BCUT2D eigenvalue weighted by molar-refractivity contribution is 0.583. The Morgan fingerprint density at radius 1 is 1.42 bits per heavy atom. The Morgan fingerprint density at radius 3 is 2.25 bits per heavy atom. The summed E-state index contributed by atoms with van der Waals surface area (Å²) in [5.41, 5.74) is 0. The SMILES string of the molecule is [CH2]C(C(S)CCC)S(=O)(=O)CC. The minimum Gasteiger partial charge on any atom is -0.229 e. The van der Waals surface area contributed by atoms with Gasteiger partial charge >= 0.3 is 0 Å². The largest absolute Gasteiger partial charge is 0.229 e. The molecule has 0 spiro atoms. The third-order valence-corrected chi connectivity index (χ3v) is 4.75. The highest BCUT2D eigenvalue weighted by Gasteiger charge is 2.24. The molecule has 0 aliphatic heterocycles. The van der Waals surface area contributed by atoms with Crippen LogP contribution in [0.1, 0.15) is 26.7 Å². The van der Waals surface area contributed by atoms with Crippen molar-refractivity contribution in [2.75, 3.05) is 5.75 Å². The van der Waals surface area contributed by atoms with Gasteiger partial charge in [0.15, 0.2) is 9.84 Å². The van der Waals surface area contributed by atoms with Crippen LogP contribution in [0, 0.1) is 6.92 Å². The quantitative estimate of drug-likeness (QED) is 0.700. The molecule has 2 atom stereocenters. The van der Waals surface area contributed by atoms with Crippen molar-refractivity contribution < 1.29 is 8.42 Å². The molecule has 2 nitrogen and oxygen atoms in total. The average molecular weight is 209 g/mol. The van der Waals surface area contributed by atoms with Crippen molar-refractivity contribution in [1.29, 1.82) is 0 Å². The molecule has 0 heterocycles. The summed E-state index contributed by atoms with van der Waals surface area (Å²) in [5, 5.41) is -0.689. The van der Waals surface area contributed by atoms with Gasteiger partial charge < -0.3 is 0 Å². The standard InChI is InChI=1S/C8H17O2S2/c1-4-6-8(11)7(3)12(9,10)5-2/h7-8,11H,3-6H2,1-2H3. The molecule has 0 aromatic carbocycles. The number of thiol groups is 1. The fourth-order valence-electron chi connectivity index (χ4n) is 0.935. The van der Waals surface area contributed by atoms with E-state index in [1.165, 1.54) is 0 Å². The fourth-order valence-corrected chi connectivity index (χ4v) is 2.79. The third-order valence-electron chi connectivity index (χ3n) is 1.88. The summed E-state index contributed by atoms with van der Waals surface area (Å²) < 4.78 is 22.6. The molecule has 0 aromatic rings. The predicted molar refractivity (Wildman–Crippen MR) is 56.3 cm³/mol. The molecular formula is C8H17O2S2. The van der Waals surface area contributed by atoms with Crippen LogP contribution >= 0.6 is 12.6 Å². The van der Waals surface area contributed by atoms with Crippen LogP contribution in [0.5, 0.6) is 0 Å². The minimum absolute atomic E-state index is 0.125. The first kappa shape index (κ1) is 12.3. The first-order valence-corrected chi connectivity index (χ1v) is 6.41. The Bertz CT molecular complexity index is 209. The van der Waals surface area contributed by atoms with E-state index < -0.39 is 15.1 Å². The van der Waals surface area contributed by atoms with Gasteiger partial charge in [0.2, 0.25) is 0 Å². The van der Waals surface area contributed by atoms with Crippen LogP contribution in [0.2, 0.25) is 0 Å². The van der Waals surface area contributed by atoms with E-state index in [-0.39, 0.29) is 11.0 Å². The Morgan fingerprint density at radius 2 is 1.92 bits per heavy atom. The predicted octanol–water partition coefficient (Wildman–Crippen LogP) is 1.72. The fraction of sp³-hybridized carbons (Fsp3) is 0.875. The van der Waals surface area contributed by atoms with Gasteiger partial charge in [-0.3, -0.25) is 0 Å². The maximum atomic E-state index is 11.3. The van der Waals surface area contributed by atoms with E-state index in [0.717, 1.165) is 12.8 Å². The summed E-state index contributed by atoms with van der Waals surface area (Å²) in [4.78, 5) is 0. The van der Waals surface area contributed by atoms with Crippen LogP contribution in [-0.2, 0) is 9.84 Å². The van der Waals surface area contributed by atoms with E-state index in [0.29, 0.717) is 0 Å². The van der Waals surface area contributed by atoms with Crippen molar-refractivity contribution in [3.05, 3.63) is 6.92 Å². The number of hydrogen-bond donors (Lipinski definition) is 1. The molecule has 12 heavy (non-hydrogen) atoms. The Labute approximate surface area is 81.1 Å². The van der Waals surface area contributed by atoms with E-state index in [1.54, 1.807) is 6.92 Å². The topological polar surface area (TPSA) is 34.1 Å². The zero-order valence-corrected chi connectivity index (χ0v) is 9.37. The highest BCUT2D eigenvalue weighted by atomic mass is 32.2. The molecule has 0 aliphatic rings. The first-order valence-electron chi connectivity index (χ1n) is 4.18. The van der Waals surface area contributed by atoms with Crippen molar-refractivity contribution in [2.24, 2.45) is 0 Å². The molecule has 0 saturated heterocycles. The molecule has 0 aliphatic carbocycles. The third kappa shape index (κ3) is 3.35. The molecule has 0 aromatic heterocycles. The van der Waals surface area contributed by atoms with Crippen molar-refractivity contribution in [2.45, 2.75) is 37.2 Å². The van der Waals surface area contributed by atoms with E-state index in [9.17, 15) is 8.42 Å². The molecule has 0 saturated carbocycles. The molecule has 1 radical (unpaired) electrons. The van der Waals surface area contributed by atoms with Crippen LogP contribution < -0.4 is 0 Å². The van der Waals surface area contributed by atoms with Crippen molar-refractivity contribution in [1.82, 2.24) is 0 Å². The number of hydrogen-bond acceptors (Lipinski definition) is 3. The van der Waals surface area contributed by atoms with Crippen molar-refractivity contribution in [3.8, 4) is 0 Å². The van der Waals surface area contributed by atoms with Crippen LogP contribution in [0.3, 0.4) is 0 Å². The summed E-state index contributed by atoms with van der Waals surface area (Å²) >= 11 is 4.21. The molecule has 4 heteroatoms. The van der Waals surface area contributed by atoms with Crippen molar-refractivity contribution >= 4 is 22.5 Å². The van der Waals surface area contributed by atoms with E-state index in [1.807, 2.05) is 6.92 Å². The first-order chi connectivity index (χ1) is 5.45. The van der Waals surface area contributed by atoms with Crippen molar-refractivity contribution in [3.63, 3.8) is 0 Å². The summed E-state index contributed by atoms with van der Waals surface area (Å²) in [6.07, 6.45) is 1.75. The molecule has 0 bridgehead atoms. The summed E-state index contributed by atoms with van der Waals surface area (Å²) in [5.74, 6) is 0.155. The van der Waals surface area contributed by atoms with Gasteiger partial charge in [0.25, 0.3) is 0 Å². The van der Waals surface area contributed by atoms with Gasteiger partial charge in [0, 0.05) is 11.0 Å². The maximum absolute atomic E-state index is 11.3. The highest BCUT2D eigenvalue weighted by molar-refractivity contribution is 7.93.